The molecule has 10 nitrogen and oxygen atoms in total. The Morgan fingerprint density at radius 3 is 2.15 bits per heavy atom. The second kappa shape index (κ2) is 9.46. The smallest absolute Gasteiger partial charge is 0.184 e. The molecule has 0 saturated carbocycles. The first-order valence-corrected chi connectivity index (χ1v) is 5.97. The van der Waals surface area contributed by atoms with Crippen LogP contribution in [0.15, 0.2) is 10.2 Å². The summed E-state index contributed by atoms with van der Waals surface area (Å²) in [5.74, 6) is 0. The Bertz CT molecular complexity index is 404. The molecule has 10 N–H and O–H groups in total. The number of hydrogen-bond acceptors (Lipinski definition) is 8. The molecule has 0 radical (unpaired) electrons. The van der Waals surface area contributed by atoms with Gasteiger partial charge in [0.1, 0.15) is 24.0 Å². The van der Waals surface area contributed by atoms with Gasteiger partial charge in [-0.2, -0.15) is 10.2 Å². The van der Waals surface area contributed by atoms with Crippen molar-refractivity contribution in [3.63, 3.8) is 0 Å². The van der Waals surface area contributed by atoms with Crippen molar-refractivity contribution in [2.75, 3.05) is 6.61 Å². The van der Waals surface area contributed by atoms with E-state index < -0.39 is 24.9 Å². The van der Waals surface area contributed by atoms with Crippen LogP contribution in [0.5, 0.6) is 0 Å². The first-order chi connectivity index (χ1) is 9.29. The van der Waals surface area contributed by atoms with Crippen molar-refractivity contribution in [3.05, 3.63) is 0 Å². The summed E-state index contributed by atoms with van der Waals surface area (Å²) < 4.78 is 0. The van der Waals surface area contributed by atoms with Gasteiger partial charge in [-0.25, -0.2) is 0 Å². The van der Waals surface area contributed by atoms with E-state index in [1.54, 1.807) is 0 Å². The van der Waals surface area contributed by atoms with Gasteiger partial charge in [-0.05, 0) is 24.4 Å². The maximum atomic E-state index is 9.80. The molecule has 0 aliphatic rings. The zero-order valence-electron chi connectivity index (χ0n) is 10.2. The van der Waals surface area contributed by atoms with Gasteiger partial charge in [-0.3, -0.25) is 10.9 Å². The standard InChI is InChI=1S/C8H16N6O4S2/c9-7(19)13-11-1-3(12-14-8(10)20)5(17)6(18)4(16)2-15/h1,4-6,15-18H,2H2,(H3,9,13,19)(H3,10,14,20)/b11-1+,12-3-. The predicted octanol–water partition coefficient (Wildman–Crippen LogP) is -3.93. The number of thiocarbonyl (C=S) groups is 2. The van der Waals surface area contributed by atoms with E-state index in [-0.39, 0.29) is 15.9 Å². The second-order valence-electron chi connectivity index (χ2n) is 3.43. The summed E-state index contributed by atoms with van der Waals surface area (Å²) in [5, 5.41) is 44.1. The summed E-state index contributed by atoms with van der Waals surface area (Å²) in [6.07, 6.45) is -3.97. The van der Waals surface area contributed by atoms with Gasteiger partial charge in [0, 0.05) is 0 Å². The number of nitrogens with two attached hydrogens (primary N) is 2. The lowest BCUT2D eigenvalue weighted by atomic mass is 10.0. The lowest BCUT2D eigenvalue weighted by Gasteiger charge is -2.21. The third kappa shape index (κ3) is 7.22. The number of hydrogen-bond donors (Lipinski definition) is 8. The van der Waals surface area contributed by atoms with Gasteiger partial charge in [-0.1, -0.05) is 0 Å². The van der Waals surface area contributed by atoms with Crippen molar-refractivity contribution in [1.82, 2.24) is 10.9 Å². The number of hydrazone groups is 2. The molecule has 12 heteroatoms. The summed E-state index contributed by atoms with van der Waals surface area (Å²) in [5.41, 5.74) is 14.4. The van der Waals surface area contributed by atoms with E-state index in [0.717, 1.165) is 6.21 Å². The Morgan fingerprint density at radius 1 is 1.15 bits per heavy atom. The van der Waals surface area contributed by atoms with Crippen LogP contribution in [-0.2, 0) is 0 Å². The molecule has 0 aromatic rings. The Kier molecular flexibility index (Phi) is 8.78. The third-order valence-electron chi connectivity index (χ3n) is 1.87. The Hall–Kier alpha value is -1.44. The zero-order valence-corrected chi connectivity index (χ0v) is 11.8. The average Bonchev–Trinajstić information content (AvgIpc) is 2.39. The first kappa shape index (κ1) is 18.6. The molecule has 20 heavy (non-hydrogen) atoms. The molecule has 0 spiro atoms. The van der Waals surface area contributed by atoms with Crippen LogP contribution in [0.25, 0.3) is 0 Å². The summed E-state index contributed by atoms with van der Waals surface area (Å²) in [6, 6.07) is 0. The molecule has 3 atom stereocenters. The fourth-order valence-electron chi connectivity index (χ4n) is 0.946. The summed E-state index contributed by atoms with van der Waals surface area (Å²) >= 11 is 9.02. The lowest BCUT2D eigenvalue weighted by molar-refractivity contribution is -0.0549. The SMILES string of the molecule is NC(=S)N/N=C(/C=N/NC(N)=S)C(O)C(O)C(O)CO. The van der Waals surface area contributed by atoms with Gasteiger partial charge in [-0.15, -0.1) is 0 Å². The minimum atomic E-state index is -1.71. The molecule has 0 rings (SSSR count). The van der Waals surface area contributed by atoms with E-state index in [9.17, 15) is 15.3 Å². The molecule has 0 saturated heterocycles. The minimum absolute atomic E-state index is 0.131. The monoisotopic (exact) mass is 324 g/mol. The summed E-state index contributed by atoms with van der Waals surface area (Å²) in [6.45, 7) is -0.753. The quantitative estimate of drug-likeness (QED) is 0.131. The lowest BCUT2D eigenvalue weighted by Crippen LogP contribution is -2.45. The van der Waals surface area contributed by atoms with Gasteiger partial charge in [0.05, 0.1) is 12.8 Å². The molecular formula is C8H16N6O4S2. The number of rotatable bonds is 7. The highest BCUT2D eigenvalue weighted by Gasteiger charge is 2.27. The zero-order chi connectivity index (χ0) is 15.7. The van der Waals surface area contributed by atoms with Crippen LogP contribution in [0.1, 0.15) is 0 Å². The molecule has 0 aliphatic carbocycles. The second-order valence-corrected chi connectivity index (χ2v) is 4.31. The highest BCUT2D eigenvalue weighted by atomic mass is 32.1. The van der Waals surface area contributed by atoms with Crippen molar-refractivity contribution in [2.45, 2.75) is 18.3 Å². The first-order valence-electron chi connectivity index (χ1n) is 5.16. The molecule has 0 fully saturated rings. The van der Waals surface area contributed by atoms with E-state index in [4.69, 9.17) is 16.6 Å². The van der Waals surface area contributed by atoms with Crippen molar-refractivity contribution in [3.8, 4) is 0 Å². The number of nitrogens with zero attached hydrogens (tertiary/aromatic N) is 2. The molecule has 114 valence electrons. The topological polar surface area (TPSA) is 182 Å². The molecule has 0 aromatic heterocycles. The van der Waals surface area contributed by atoms with Gasteiger partial charge >= 0.3 is 0 Å². The fourth-order valence-corrected chi connectivity index (χ4v) is 1.04. The average molecular weight is 324 g/mol. The molecule has 0 aliphatic heterocycles. The van der Waals surface area contributed by atoms with Gasteiger partial charge in [0.25, 0.3) is 0 Å². The maximum Gasteiger partial charge on any atom is 0.184 e. The maximum absolute atomic E-state index is 9.80. The summed E-state index contributed by atoms with van der Waals surface area (Å²) in [4.78, 5) is 0. The van der Waals surface area contributed by atoms with E-state index in [2.05, 4.69) is 45.5 Å². The van der Waals surface area contributed by atoms with Gasteiger partial charge < -0.3 is 31.9 Å². The van der Waals surface area contributed by atoms with Crippen molar-refractivity contribution in [1.29, 1.82) is 0 Å². The van der Waals surface area contributed by atoms with Crippen molar-refractivity contribution in [2.24, 2.45) is 21.7 Å². The number of aliphatic hydroxyl groups excluding tert-OH is 4. The molecule has 3 unspecified atom stereocenters. The van der Waals surface area contributed by atoms with Crippen LogP contribution in [0, 0.1) is 0 Å². The Labute approximate surface area is 125 Å². The van der Waals surface area contributed by atoms with E-state index in [1.165, 1.54) is 0 Å². The largest absolute Gasteiger partial charge is 0.394 e. The minimum Gasteiger partial charge on any atom is -0.394 e. The highest BCUT2D eigenvalue weighted by Crippen LogP contribution is 2.01. The van der Waals surface area contributed by atoms with E-state index in [1.807, 2.05) is 0 Å². The molecule has 0 heterocycles. The Balaban J connectivity index is 5.00. The highest BCUT2D eigenvalue weighted by molar-refractivity contribution is 7.80. The van der Waals surface area contributed by atoms with Crippen LogP contribution in [-0.4, -0.2) is 67.5 Å². The van der Waals surface area contributed by atoms with Crippen molar-refractivity contribution >= 4 is 46.6 Å². The van der Waals surface area contributed by atoms with Crippen molar-refractivity contribution < 1.29 is 20.4 Å². The third-order valence-corrected chi connectivity index (χ3v) is 2.06. The summed E-state index contributed by atoms with van der Waals surface area (Å²) in [7, 11) is 0. The van der Waals surface area contributed by atoms with Crippen LogP contribution in [0.4, 0.5) is 0 Å². The van der Waals surface area contributed by atoms with Crippen LogP contribution < -0.4 is 22.3 Å². The van der Waals surface area contributed by atoms with Crippen LogP contribution in [0.2, 0.25) is 0 Å². The fraction of sp³-hybridized carbons (Fsp3) is 0.500. The van der Waals surface area contributed by atoms with E-state index in [0.29, 0.717) is 0 Å². The number of nitrogens with one attached hydrogen (secondary N) is 2. The van der Waals surface area contributed by atoms with Crippen LogP contribution in [0.3, 0.4) is 0 Å². The van der Waals surface area contributed by atoms with E-state index >= 15 is 0 Å². The normalized spacial score (nSPS) is 16.5. The Morgan fingerprint density at radius 2 is 1.70 bits per heavy atom. The molecular weight excluding hydrogens is 308 g/mol. The van der Waals surface area contributed by atoms with Crippen LogP contribution >= 0.6 is 24.4 Å². The molecule has 0 bridgehead atoms. The number of aliphatic hydroxyl groups is 4. The molecule has 0 amide bonds. The molecule has 0 aromatic carbocycles. The van der Waals surface area contributed by atoms with Gasteiger partial charge in [0.2, 0.25) is 0 Å². The van der Waals surface area contributed by atoms with Gasteiger partial charge in [0.15, 0.2) is 10.2 Å². The predicted molar refractivity (Wildman–Crippen MR) is 80.9 cm³/mol.